The van der Waals surface area contributed by atoms with Crippen molar-refractivity contribution in [3.8, 4) is 11.3 Å². The minimum absolute atomic E-state index is 0.316. The van der Waals surface area contributed by atoms with Crippen LogP contribution in [0.15, 0.2) is 42.7 Å². The highest BCUT2D eigenvalue weighted by Gasteiger charge is 2.10. The van der Waals surface area contributed by atoms with Crippen molar-refractivity contribution in [3.05, 3.63) is 58.6 Å². The van der Waals surface area contributed by atoms with Gasteiger partial charge in [-0.25, -0.2) is 9.37 Å². The highest BCUT2D eigenvalue weighted by molar-refractivity contribution is 6.43. The molecule has 0 amide bonds. The SMILES string of the molecule is Fc1ccc2nc(-c3cccc(Cl)c3Cl)cn2c1. The number of benzene rings is 1. The number of pyridine rings is 1. The Hall–Kier alpha value is -1.58. The fourth-order valence-electron chi connectivity index (χ4n) is 1.80. The Bertz CT molecular complexity index is 737. The third kappa shape index (κ3) is 1.85. The Morgan fingerprint density at radius 1 is 1.06 bits per heavy atom. The molecule has 0 radical (unpaired) electrons. The molecule has 0 unspecified atom stereocenters. The average Bonchev–Trinajstić information content (AvgIpc) is 2.75. The molecule has 90 valence electrons. The second-order valence-electron chi connectivity index (χ2n) is 3.84. The van der Waals surface area contributed by atoms with Gasteiger partial charge in [0.2, 0.25) is 0 Å². The molecule has 18 heavy (non-hydrogen) atoms. The van der Waals surface area contributed by atoms with Gasteiger partial charge >= 0.3 is 0 Å². The predicted octanol–water partition coefficient (Wildman–Crippen LogP) is 4.45. The van der Waals surface area contributed by atoms with Crippen LogP contribution in [0.25, 0.3) is 16.9 Å². The average molecular weight is 281 g/mol. The zero-order valence-corrected chi connectivity index (χ0v) is 10.6. The highest BCUT2D eigenvalue weighted by atomic mass is 35.5. The largest absolute Gasteiger partial charge is 0.304 e. The number of rotatable bonds is 1. The van der Waals surface area contributed by atoms with Crippen molar-refractivity contribution in [1.82, 2.24) is 9.38 Å². The van der Waals surface area contributed by atoms with Gasteiger partial charge in [-0.2, -0.15) is 0 Å². The summed E-state index contributed by atoms with van der Waals surface area (Å²) < 4.78 is 14.7. The van der Waals surface area contributed by atoms with E-state index in [0.717, 1.165) is 5.56 Å². The molecule has 0 spiro atoms. The zero-order chi connectivity index (χ0) is 12.7. The minimum Gasteiger partial charge on any atom is -0.304 e. The quantitative estimate of drug-likeness (QED) is 0.644. The summed E-state index contributed by atoms with van der Waals surface area (Å²) in [6.07, 6.45) is 3.08. The van der Waals surface area contributed by atoms with Crippen molar-refractivity contribution in [1.29, 1.82) is 0 Å². The fraction of sp³-hybridized carbons (Fsp3) is 0. The number of imidazole rings is 1. The third-order valence-corrected chi connectivity index (χ3v) is 3.46. The maximum absolute atomic E-state index is 13.1. The van der Waals surface area contributed by atoms with Crippen LogP contribution in [0.1, 0.15) is 0 Å². The molecule has 0 aliphatic heterocycles. The van der Waals surface area contributed by atoms with Crippen LogP contribution in [0.2, 0.25) is 10.0 Å². The lowest BCUT2D eigenvalue weighted by atomic mass is 10.2. The maximum atomic E-state index is 13.1. The van der Waals surface area contributed by atoms with Crippen molar-refractivity contribution in [2.24, 2.45) is 0 Å². The Balaban J connectivity index is 2.22. The first-order valence-corrected chi connectivity index (χ1v) is 5.99. The molecule has 0 aliphatic carbocycles. The van der Waals surface area contributed by atoms with Crippen molar-refractivity contribution in [2.75, 3.05) is 0 Å². The van der Waals surface area contributed by atoms with E-state index < -0.39 is 0 Å². The first-order chi connectivity index (χ1) is 8.65. The normalized spacial score (nSPS) is 11.1. The zero-order valence-electron chi connectivity index (χ0n) is 9.07. The molecule has 0 fully saturated rings. The molecule has 2 nitrogen and oxygen atoms in total. The summed E-state index contributed by atoms with van der Waals surface area (Å²) in [6.45, 7) is 0. The molecule has 1 aromatic carbocycles. The number of hydrogen-bond acceptors (Lipinski definition) is 1. The van der Waals surface area contributed by atoms with Gasteiger partial charge in [0.25, 0.3) is 0 Å². The van der Waals surface area contributed by atoms with Crippen LogP contribution in [0.3, 0.4) is 0 Å². The first kappa shape index (κ1) is 11.5. The van der Waals surface area contributed by atoms with Gasteiger partial charge in [-0.15, -0.1) is 0 Å². The van der Waals surface area contributed by atoms with Gasteiger partial charge < -0.3 is 4.40 Å². The summed E-state index contributed by atoms with van der Waals surface area (Å²) in [5, 5.41) is 0.917. The topological polar surface area (TPSA) is 17.3 Å². The van der Waals surface area contributed by atoms with Crippen molar-refractivity contribution < 1.29 is 4.39 Å². The van der Waals surface area contributed by atoms with Gasteiger partial charge in [-0.05, 0) is 18.2 Å². The summed E-state index contributed by atoms with van der Waals surface area (Å²) in [7, 11) is 0. The lowest BCUT2D eigenvalue weighted by Crippen LogP contribution is -1.83. The van der Waals surface area contributed by atoms with Crippen LogP contribution in [0.5, 0.6) is 0 Å². The van der Waals surface area contributed by atoms with E-state index in [1.807, 2.05) is 6.07 Å². The Morgan fingerprint density at radius 3 is 2.72 bits per heavy atom. The van der Waals surface area contributed by atoms with Gasteiger partial charge in [0.15, 0.2) is 0 Å². The van der Waals surface area contributed by atoms with Gasteiger partial charge in [0.05, 0.1) is 15.7 Å². The van der Waals surface area contributed by atoms with Crippen molar-refractivity contribution in [3.63, 3.8) is 0 Å². The Morgan fingerprint density at radius 2 is 1.89 bits per heavy atom. The van der Waals surface area contributed by atoms with E-state index >= 15 is 0 Å². The molecule has 3 aromatic rings. The number of nitrogens with zero attached hydrogens (tertiary/aromatic N) is 2. The van der Waals surface area contributed by atoms with Crippen LogP contribution in [-0.2, 0) is 0 Å². The molecule has 0 saturated heterocycles. The second kappa shape index (κ2) is 4.26. The molecule has 2 heterocycles. The monoisotopic (exact) mass is 280 g/mol. The minimum atomic E-state index is -0.316. The number of aromatic nitrogens is 2. The van der Waals surface area contributed by atoms with Gasteiger partial charge in [-0.1, -0.05) is 35.3 Å². The molecular formula is C13H7Cl2FN2. The van der Waals surface area contributed by atoms with E-state index in [9.17, 15) is 4.39 Å². The van der Waals surface area contributed by atoms with E-state index in [2.05, 4.69) is 4.98 Å². The van der Waals surface area contributed by atoms with Gasteiger partial charge in [0, 0.05) is 18.0 Å². The Labute approximate surface area is 113 Å². The number of hydrogen-bond donors (Lipinski definition) is 0. The summed E-state index contributed by atoms with van der Waals surface area (Å²) >= 11 is 12.1. The predicted molar refractivity (Wildman–Crippen MR) is 70.6 cm³/mol. The summed E-state index contributed by atoms with van der Waals surface area (Å²) in [6, 6.07) is 8.31. The molecule has 3 rings (SSSR count). The number of fused-ring (bicyclic) bond motifs is 1. The molecule has 2 aromatic heterocycles. The van der Waals surface area contributed by atoms with Gasteiger partial charge in [0.1, 0.15) is 11.5 Å². The lowest BCUT2D eigenvalue weighted by Gasteiger charge is -2.01. The maximum Gasteiger partial charge on any atom is 0.139 e. The van der Waals surface area contributed by atoms with Crippen LogP contribution >= 0.6 is 23.2 Å². The van der Waals surface area contributed by atoms with E-state index in [1.54, 1.807) is 28.8 Å². The highest BCUT2D eigenvalue weighted by Crippen LogP contribution is 2.32. The fourth-order valence-corrected chi connectivity index (χ4v) is 2.19. The van der Waals surface area contributed by atoms with E-state index in [-0.39, 0.29) is 5.82 Å². The third-order valence-electron chi connectivity index (χ3n) is 2.64. The summed E-state index contributed by atoms with van der Waals surface area (Å²) in [4.78, 5) is 4.38. The molecule has 0 aliphatic rings. The molecule has 5 heteroatoms. The first-order valence-electron chi connectivity index (χ1n) is 5.24. The molecule has 0 saturated carbocycles. The smallest absolute Gasteiger partial charge is 0.139 e. The van der Waals surface area contributed by atoms with Gasteiger partial charge in [-0.3, -0.25) is 0 Å². The number of halogens is 3. The van der Waals surface area contributed by atoms with Crippen LogP contribution in [-0.4, -0.2) is 9.38 Å². The summed E-state index contributed by atoms with van der Waals surface area (Å²) in [5.41, 5.74) is 2.05. The summed E-state index contributed by atoms with van der Waals surface area (Å²) in [5.74, 6) is -0.316. The molecular weight excluding hydrogens is 274 g/mol. The molecule has 0 atom stereocenters. The molecule has 0 bridgehead atoms. The van der Waals surface area contributed by atoms with Crippen LogP contribution in [0, 0.1) is 5.82 Å². The standard InChI is InChI=1S/C13H7Cl2FN2/c14-10-3-1-2-9(13(10)15)11-7-18-6-8(16)4-5-12(18)17-11/h1-7H. The second-order valence-corrected chi connectivity index (χ2v) is 4.63. The van der Waals surface area contributed by atoms with Crippen LogP contribution < -0.4 is 0 Å². The van der Waals surface area contributed by atoms with E-state index in [1.165, 1.54) is 12.3 Å². The van der Waals surface area contributed by atoms with Crippen molar-refractivity contribution in [2.45, 2.75) is 0 Å². The molecule has 0 N–H and O–H groups in total. The Kier molecular flexibility index (Phi) is 2.73. The van der Waals surface area contributed by atoms with Crippen molar-refractivity contribution >= 4 is 28.8 Å². The lowest BCUT2D eigenvalue weighted by molar-refractivity contribution is 0.619. The van der Waals surface area contributed by atoms with E-state index in [4.69, 9.17) is 23.2 Å². The van der Waals surface area contributed by atoms with Crippen LogP contribution in [0.4, 0.5) is 4.39 Å². The van der Waals surface area contributed by atoms with E-state index in [0.29, 0.717) is 21.4 Å².